The van der Waals surface area contributed by atoms with E-state index in [4.69, 9.17) is 4.74 Å². The van der Waals surface area contributed by atoms with Crippen LogP contribution in [0.2, 0.25) is 0 Å². The van der Waals surface area contributed by atoms with Crippen molar-refractivity contribution in [2.45, 2.75) is 19.8 Å². The SMILES string of the molecule is CCc1cn[nH]c1NC(=O)CCOc1ccccc1. The van der Waals surface area contributed by atoms with Crippen LogP contribution in [0.25, 0.3) is 0 Å². The van der Waals surface area contributed by atoms with Crippen LogP contribution in [0.1, 0.15) is 18.9 Å². The maximum atomic E-state index is 11.7. The zero-order valence-corrected chi connectivity index (χ0v) is 10.8. The Morgan fingerprint density at radius 3 is 2.89 bits per heavy atom. The Labute approximate surface area is 112 Å². The molecule has 5 heteroatoms. The summed E-state index contributed by atoms with van der Waals surface area (Å²) >= 11 is 0. The van der Waals surface area contributed by atoms with Gasteiger partial charge in [-0.05, 0) is 18.6 Å². The maximum absolute atomic E-state index is 11.7. The van der Waals surface area contributed by atoms with Crippen LogP contribution < -0.4 is 10.1 Å². The van der Waals surface area contributed by atoms with Crippen molar-refractivity contribution in [2.75, 3.05) is 11.9 Å². The van der Waals surface area contributed by atoms with Gasteiger partial charge in [-0.15, -0.1) is 0 Å². The van der Waals surface area contributed by atoms with E-state index in [0.717, 1.165) is 17.7 Å². The predicted octanol–water partition coefficient (Wildman–Crippen LogP) is 2.38. The molecule has 0 unspecified atom stereocenters. The summed E-state index contributed by atoms with van der Waals surface area (Å²) in [6.45, 7) is 2.37. The van der Waals surface area contributed by atoms with E-state index in [1.807, 2.05) is 37.3 Å². The van der Waals surface area contributed by atoms with Gasteiger partial charge in [0.15, 0.2) is 0 Å². The second-order valence-electron chi connectivity index (χ2n) is 4.08. The summed E-state index contributed by atoms with van der Waals surface area (Å²) in [6.07, 6.45) is 2.85. The van der Waals surface area contributed by atoms with Gasteiger partial charge in [-0.1, -0.05) is 25.1 Å². The topological polar surface area (TPSA) is 67.0 Å². The van der Waals surface area contributed by atoms with Gasteiger partial charge in [-0.3, -0.25) is 9.89 Å². The lowest BCUT2D eigenvalue weighted by atomic mass is 10.2. The van der Waals surface area contributed by atoms with Gasteiger partial charge in [-0.2, -0.15) is 5.10 Å². The monoisotopic (exact) mass is 259 g/mol. The Morgan fingerprint density at radius 2 is 2.16 bits per heavy atom. The molecular formula is C14H17N3O2. The molecule has 1 aromatic heterocycles. The Morgan fingerprint density at radius 1 is 1.37 bits per heavy atom. The Bertz CT molecular complexity index is 522. The highest BCUT2D eigenvalue weighted by molar-refractivity contribution is 5.90. The summed E-state index contributed by atoms with van der Waals surface area (Å²) in [5.74, 6) is 1.35. The van der Waals surface area contributed by atoms with E-state index >= 15 is 0 Å². The van der Waals surface area contributed by atoms with E-state index in [-0.39, 0.29) is 5.91 Å². The number of rotatable bonds is 6. The van der Waals surface area contributed by atoms with Gasteiger partial charge in [0.1, 0.15) is 11.6 Å². The zero-order chi connectivity index (χ0) is 13.5. The number of hydrogen-bond acceptors (Lipinski definition) is 3. The van der Waals surface area contributed by atoms with E-state index in [0.29, 0.717) is 18.8 Å². The summed E-state index contributed by atoms with van der Waals surface area (Å²) < 4.78 is 5.47. The van der Waals surface area contributed by atoms with Crippen molar-refractivity contribution >= 4 is 11.7 Å². The van der Waals surface area contributed by atoms with E-state index < -0.39 is 0 Å². The molecule has 19 heavy (non-hydrogen) atoms. The average Bonchev–Trinajstić information content (AvgIpc) is 2.87. The largest absolute Gasteiger partial charge is 0.493 e. The molecule has 2 N–H and O–H groups in total. The van der Waals surface area contributed by atoms with Crippen molar-refractivity contribution in [3.05, 3.63) is 42.1 Å². The molecule has 5 nitrogen and oxygen atoms in total. The number of benzene rings is 1. The molecule has 0 aliphatic carbocycles. The van der Waals surface area contributed by atoms with Crippen LogP contribution in [-0.2, 0) is 11.2 Å². The number of aromatic nitrogens is 2. The molecule has 2 rings (SSSR count). The van der Waals surface area contributed by atoms with E-state index in [1.165, 1.54) is 0 Å². The van der Waals surface area contributed by atoms with E-state index in [1.54, 1.807) is 6.20 Å². The molecule has 1 heterocycles. The Balaban J connectivity index is 1.76. The summed E-state index contributed by atoms with van der Waals surface area (Å²) in [5, 5.41) is 9.47. The fourth-order valence-electron chi connectivity index (χ4n) is 1.67. The third-order valence-electron chi connectivity index (χ3n) is 2.70. The number of para-hydroxylation sites is 1. The van der Waals surface area contributed by atoms with Crippen LogP contribution in [0.5, 0.6) is 5.75 Å². The highest BCUT2D eigenvalue weighted by Crippen LogP contribution is 2.12. The third-order valence-corrected chi connectivity index (χ3v) is 2.70. The van der Waals surface area contributed by atoms with Crippen molar-refractivity contribution in [2.24, 2.45) is 0 Å². The minimum atomic E-state index is -0.0881. The fraction of sp³-hybridized carbons (Fsp3) is 0.286. The number of aromatic amines is 1. The molecule has 0 bridgehead atoms. The van der Waals surface area contributed by atoms with Gasteiger partial charge in [0, 0.05) is 5.56 Å². The molecule has 1 amide bonds. The predicted molar refractivity (Wildman–Crippen MR) is 73.1 cm³/mol. The van der Waals surface area contributed by atoms with E-state index in [9.17, 15) is 4.79 Å². The molecule has 0 saturated heterocycles. The quantitative estimate of drug-likeness (QED) is 0.837. The Kier molecular flexibility index (Phi) is 4.55. The number of aryl methyl sites for hydroxylation is 1. The van der Waals surface area contributed by atoms with Crippen LogP contribution in [0, 0.1) is 0 Å². The van der Waals surface area contributed by atoms with Crippen molar-refractivity contribution in [1.29, 1.82) is 0 Å². The molecule has 0 aliphatic rings. The minimum Gasteiger partial charge on any atom is -0.493 e. The van der Waals surface area contributed by atoms with Crippen molar-refractivity contribution in [3.63, 3.8) is 0 Å². The van der Waals surface area contributed by atoms with Crippen molar-refractivity contribution < 1.29 is 9.53 Å². The summed E-state index contributed by atoms with van der Waals surface area (Å²) in [7, 11) is 0. The van der Waals surface area contributed by atoms with E-state index in [2.05, 4.69) is 15.5 Å². The van der Waals surface area contributed by atoms with Gasteiger partial charge >= 0.3 is 0 Å². The molecule has 0 spiro atoms. The molecule has 0 aliphatic heterocycles. The number of hydrogen-bond donors (Lipinski definition) is 2. The smallest absolute Gasteiger partial charge is 0.228 e. The molecule has 0 radical (unpaired) electrons. The first-order chi connectivity index (χ1) is 9.29. The van der Waals surface area contributed by atoms with Gasteiger partial charge in [0.05, 0.1) is 19.2 Å². The number of anilines is 1. The third kappa shape index (κ3) is 3.84. The number of nitrogens with one attached hydrogen (secondary N) is 2. The molecule has 2 aromatic rings. The number of amides is 1. The summed E-state index contributed by atoms with van der Waals surface area (Å²) in [4.78, 5) is 11.7. The lowest BCUT2D eigenvalue weighted by Gasteiger charge is -2.06. The lowest BCUT2D eigenvalue weighted by molar-refractivity contribution is -0.116. The van der Waals surface area contributed by atoms with Crippen LogP contribution in [0.4, 0.5) is 5.82 Å². The minimum absolute atomic E-state index is 0.0881. The molecule has 0 saturated carbocycles. The number of H-pyrrole nitrogens is 1. The maximum Gasteiger partial charge on any atom is 0.228 e. The van der Waals surface area contributed by atoms with Gasteiger partial charge in [0.2, 0.25) is 5.91 Å². The molecular weight excluding hydrogens is 242 g/mol. The summed E-state index contributed by atoms with van der Waals surface area (Å²) in [6, 6.07) is 9.44. The highest BCUT2D eigenvalue weighted by atomic mass is 16.5. The molecule has 1 aromatic carbocycles. The first kappa shape index (κ1) is 13.1. The fourth-order valence-corrected chi connectivity index (χ4v) is 1.67. The standard InChI is InChI=1S/C14H17N3O2/c1-2-11-10-15-17-14(11)16-13(18)8-9-19-12-6-4-3-5-7-12/h3-7,10H,2,8-9H2,1H3,(H2,15,16,17,18). The van der Waals surface area contributed by atoms with Crippen LogP contribution in [0.3, 0.4) is 0 Å². The first-order valence-corrected chi connectivity index (χ1v) is 6.29. The molecule has 100 valence electrons. The van der Waals surface area contributed by atoms with Crippen LogP contribution in [0.15, 0.2) is 36.5 Å². The van der Waals surface area contributed by atoms with Crippen LogP contribution >= 0.6 is 0 Å². The van der Waals surface area contributed by atoms with Crippen molar-refractivity contribution in [3.8, 4) is 5.75 Å². The molecule has 0 atom stereocenters. The second kappa shape index (κ2) is 6.58. The number of carbonyl (C=O) groups is 1. The summed E-state index contributed by atoms with van der Waals surface area (Å²) in [5.41, 5.74) is 0.998. The van der Waals surface area contributed by atoms with Gasteiger partial charge in [-0.25, -0.2) is 0 Å². The van der Waals surface area contributed by atoms with Crippen LogP contribution in [-0.4, -0.2) is 22.7 Å². The van der Waals surface area contributed by atoms with Gasteiger partial charge in [0.25, 0.3) is 0 Å². The van der Waals surface area contributed by atoms with Gasteiger partial charge < -0.3 is 10.1 Å². The number of ether oxygens (including phenoxy) is 1. The zero-order valence-electron chi connectivity index (χ0n) is 10.8. The highest BCUT2D eigenvalue weighted by Gasteiger charge is 2.07. The number of carbonyl (C=O) groups excluding carboxylic acids is 1. The first-order valence-electron chi connectivity index (χ1n) is 6.29. The number of nitrogens with zero attached hydrogens (tertiary/aromatic N) is 1. The normalized spacial score (nSPS) is 10.2. The second-order valence-corrected chi connectivity index (χ2v) is 4.08. The van der Waals surface area contributed by atoms with Crippen molar-refractivity contribution in [1.82, 2.24) is 10.2 Å². The molecule has 0 fully saturated rings. The average molecular weight is 259 g/mol. The lowest BCUT2D eigenvalue weighted by Crippen LogP contribution is -2.16. The Hall–Kier alpha value is -2.30.